The Morgan fingerprint density at radius 1 is 1.32 bits per heavy atom. The summed E-state index contributed by atoms with van der Waals surface area (Å²) in [4.78, 5) is 37.9. The normalized spacial score (nSPS) is 17.2. The second-order valence-electron chi connectivity index (χ2n) is 6.23. The van der Waals surface area contributed by atoms with Gasteiger partial charge < -0.3 is 19.6 Å². The summed E-state index contributed by atoms with van der Waals surface area (Å²) in [5.74, 6) is -1.39. The van der Waals surface area contributed by atoms with Gasteiger partial charge in [0.1, 0.15) is 6.54 Å². The number of carbonyl (C=O) groups excluding carboxylic acids is 2. The molecule has 1 aromatic carbocycles. The average molecular weight is 348 g/mol. The number of benzene rings is 1. The smallest absolute Gasteiger partial charge is 0.323 e. The molecule has 1 aromatic rings. The molecule has 2 amide bonds. The number of carboxylic acids is 1. The number of hydrogen-bond acceptors (Lipinski definition) is 4. The van der Waals surface area contributed by atoms with E-state index in [1.165, 1.54) is 11.8 Å². The van der Waals surface area contributed by atoms with Crippen molar-refractivity contribution in [1.82, 2.24) is 9.80 Å². The van der Waals surface area contributed by atoms with Crippen molar-refractivity contribution >= 4 is 17.8 Å². The van der Waals surface area contributed by atoms with Gasteiger partial charge in [0, 0.05) is 26.6 Å². The quantitative estimate of drug-likeness (QED) is 0.818. The summed E-state index contributed by atoms with van der Waals surface area (Å²) in [6.45, 7) is 4.33. The van der Waals surface area contributed by atoms with Crippen LogP contribution in [0, 0.1) is 6.92 Å². The van der Waals surface area contributed by atoms with Crippen LogP contribution in [0.4, 0.5) is 0 Å². The summed E-state index contributed by atoms with van der Waals surface area (Å²) in [6.07, 6.45) is -0.0527. The first-order chi connectivity index (χ1) is 11.9. The minimum absolute atomic E-state index is 0.00945. The van der Waals surface area contributed by atoms with Crippen LogP contribution in [0.3, 0.4) is 0 Å². The monoisotopic (exact) mass is 348 g/mol. The zero-order valence-corrected chi connectivity index (χ0v) is 14.6. The van der Waals surface area contributed by atoms with Gasteiger partial charge in [-0.25, -0.2) is 0 Å². The van der Waals surface area contributed by atoms with Gasteiger partial charge in [0.2, 0.25) is 11.8 Å². The van der Waals surface area contributed by atoms with Crippen LogP contribution in [0.2, 0.25) is 0 Å². The summed E-state index contributed by atoms with van der Waals surface area (Å²) in [5, 5.41) is 8.89. The maximum atomic E-state index is 12.6. The second-order valence-corrected chi connectivity index (χ2v) is 6.23. The Morgan fingerprint density at radius 3 is 2.68 bits per heavy atom. The fraction of sp³-hybridized carbons (Fsp3) is 0.500. The van der Waals surface area contributed by atoms with Gasteiger partial charge in [0.05, 0.1) is 19.1 Å². The van der Waals surface area contributed by atoms with Gasteiger partial charge in [0.25, 0.3) is 0 Å². The topological polar surface area (TPSA) is 87.2 Å². The third-order valence-electron chi connectivity index (χ3n) is 4.29. The van der Waals surface area contributed by atoms with Crippen molar-refractivity contribution in [3.05, 3.63) is 35.4 Å². The molecular formula is C18H24N2O5. The summed E-state index contributed by atoms with van der Waals surface area (Å²) in [7, 11) is 0. The fourth-order valence-electron chi connectivity index (χ4n) is 2.85. The SMILES string of the molecule is CC(=O)N(CC(=O)O)CC1CN(C(=O)Cc2ccccc2C)CCO1. The van der Waals surface area contributed by atoms with E-state index in [9.17, 15) is 14.4 Å². The maximum absolute atomic E-state index is 12.6. The van der Waals surface area contributed by atoms with E-state index in [1.807, 2.05) is 31.2 Å². The first kappa shape index (κ1) is 18.9. The third kappa shape index (κ3) is 5.56. The molecule has 2 rings (SSSR count). The lowest BCUT2D eigenvalue weighted by Crippen LogP contribution is -2.51. The Morgan fingerprint density at radius 2 is 2.04 bits per heavy atom. The standard InChI is InChI=1S/C18H24N2O5/c1-13-5-3-4-6-15(13)9-17(22)19-7-8-25-16(10-19)11-20(14(2)21)12-18(23)24/h3-6,16H,7-12H2,1-2H3,(H,23,24). The molecule has 1 atom stereocenters. The molecule has 0 spiro atoms. The van der Waals surface area contributed by atoms with Crippen molar-refractivity contribution < 1.29 is 24.2 Å². The van der Waals surface area contributed by atoms with E-state index in [-0.39, 0.29) is 31.0 Å². The predicted molar refractivity (Wildman–Crippen MR) is 91.1 cm³/mol. The van der Waals surface area contributed by atoms with Gasteiger partial charge in [-0.3, -0.25) is 14.4 Å². The maximum Gasteiger partial charge on any atom is 0.323 e. The number of ether oxygens (including phenoxy) is 1. The van der Waals surface area contributed by atoms with E-state index in [4.69, 9.17) is 9.84 Å². The number of hydrogen-bond donors (Lipinski definition) is 1. The van der Waals surface area contributed by atoms with Crippen molar-refractivity contribution in [3.63, 3.8) is 0 Å². The average Bonchev–Trinajstić information content (AvgIpc) is 2.56. The first-order valence-corrected chi connectivity index (χ1v) is 8.28. The molecular weight excluding hydrogens is 324 g/mol. The van der Waals surface area contributed by atoms with Gasteiger partial charge in [-0.15, -0.1) is 0 Å². The van der Waals surface area contributed by atoms with E-state index in [0.717, 1.165) is 11.1 Å². The number of morpholine rings is 1. The molecule has 0 saturated carbocycles. The molecule has 0 aromatic heterocycles. The van der Waals surface area contributed by atoms with E-state index >= 15 is 0 Å². The highest BCUT2D eigenvalue weighted by atomic mass is 16.5. The Labute approximate surface area is 147 Å². The number of carboxylic acid groups (broad SMARTS) is 1. The van der Waals surface area contributed by atoms with Crippen molar-refractivity contribution in [2.24, 2.45) is 0 Å². The van der Waals surface area contributed by atoms with E-state index in [1.54, 1.807) is 4.90 Å². The number of aryl methyl sites for hydroxylation is 1. The van der Waals surface area contributed by atoms with Gasteiger partial charge >= 0.3 is 5.97 Å². The van der Waals surface area contributed by atoms with Crippen LogP contribution in [-0.2, 0) is 25.5 Å². The second kappa shape index (κ2) is 8.62. The van der Waals surface area contributed by atoms with Crippen LogP contribution in [0.25, 0.3) is 0 Å². The molecule has 7 heteroatoms. The van der Waals surface area contributed by atoms with Crippen molar-refractivity contribution in [2.75, 3.05) is 32.8 Å². The number of nitrogens with zero attached hydrogens (tertiary/aromatic N) is 2. The Kier molecular flexibility index (Phi) is 6.52. The van der Waals surface area contributed by atoms with Crippen LogP contribution < -0.4 is 0 Å². The van der Waals surface area contributed by atoms with Gasteiger partial charge in [-0.05, 0) is 18.1 Å². The van der Waals surface area contributed by atoms with Gasteiger partial charge in [-0.1, -0.05) is 24.3 Å². The predicted octanol–water partition coefficient (Wildman–Crippen LogP) is 0.698. The summed E-state index contributed by atoms with van der Waals surface area (Å²) >= 11 is 0. The Balaban J connectivity index is 1.95. The van der Waals surface area contributed by atoms with Crippen molar-refractivity contribution in [3.8, 4) is 0 Å². The number of rotatable bonds is 6. The molecule has 1 aliphatic rings. The summed E-state index contributed by atoms with van der Waals surface area (Å²) < 4.78 is 5.61. The van der Waals surface area contributed by atoms with E-state index in [0.29, 0.717) is 26.1 Å². The van der Waals surface area contributed by atoms with Crippen LogP contribution in [-0.4, -0.2) is 71.6 Å². The minimum Gasteiger partial charge on any atom is -0.480 e. The summed E-state index contributed by atoms with van der Waals surface area (Å²) in [6, 6.07) is 7.76. The van der Waals surface area contributed by atoms with Gasteiger partial charge in [-0.2, -0.15) is 0 Å². The number of aliphatic carboxylic acids is 1. The summed E-state index contributed by atoms with van der Waals surface area (Å²) in [5.41, 5.74) is 2.07. The molecule has 1 aliphatic heterocycles. The lowest BCUT2D eigenvalue weighted by atomic mass is 10.0. The van der Waals surface area contributed by atoms with Crippen molar-refractivity contribution in [2.45, 2.75) is 26.4 Å². The zero-order chi connectivity index (χ0) is 18.4. The molecule has 1 N–H and O–H groups in total. The highest BCUT2D eigenvalue weighted by Crippen LogP contribution is 2.13. The molecule has 1 unspecified atom stereocenters. The fourth-order valence-corrected chi connectivity index (χ4v) is 2.85. The van der Waals surface area contributed by atoms with Crippen LogP contribution in [0.5, 0.6) is 0 Å². The lowest BCUT2D eigenvalue weighted by molar-refractivity contribution is -0.147. The molecule has 1 fully saturated rings. The molecule has 136 valence electrons. The van der Waals surface area contributed by atoms with E-state index in [2.05, 4.69) is 0 Å². The van der Waals surface area contributed by atoms with Crippen LogP contribution in [0.15, 0.2) is 24.3 Å². The molecule has 0 bridgehead atoms. The van der Waals surface area contributed by atoms with Crippen LogP contribution in [0.1, 0.15) is 18.1 Å². The van der Waals surface area contributed by atoms with Crippen molar-refractivity contribution in [1.29, 1.82) is 0 Å². The molecule has 7 nitrogen and oxygen atoms in total. The minimum atomic E-state index is -1.07. The Hall–Kier alpha value is -2.41. The molecule has 1 heterocycles. The largest absolute Gasteiger partial charge is 0.480 e. The molecule has 0 aliphatic carbocycles. The Bertz CT molecular complexity index is 646. The highest BCUT2D eigenvalue weighted by Gasteiger charge is 2.27. The molecule has 1 saturated heterocycles. The third-order valence-corrected chi connectivity index (χ3v) is 4.29. The zero-order valence-electron chi connectivity index (χ0n) is 14.6. The number of amides is 2. The van der Waals surface area contributed by atoms with E-state index < -0.39 is 5.97 Å². The molecule has 0 radical (unpaired) electrons. The first-order valence-electron chi connectivity index (χ1n) is 8.28. The van der Waals surface area contributed by atoms with Crippen LogP contribution >= 0.6 is 0 Å². The lowest BCUT2D eigenvalue weighted by Gasteiger charge is -2.35. The number of carbonyl (C=O) groups is 3. The molecule has 25 heavy (non-hydrogen) atoms. The van der Waals surface area contributed by atoms with Gasteiger partial charge in [0.15, 0.2) is 0 Å². The highest BCUT2D eigenvalue weighted by molar-refractivity contribution is 5.80.